The highest BCUT2D eigenvalue weighted by molar-refractivity contribution is 7.89. The van der Waals surface area contributed by atoms with Crippen molar-refractivity contribution in [2.24, 2.45) is 0 Å². The van der Waals surface area contributed by atoms with Crippen LogP contribution >= 0.6 is 23.2 Å². The quantitative estimate of drug-likeness (QED) is 0.741. The Morgan fingerprint density at radius 3 is 2.38 bits per heavy atom. The molecule has 1 amide bonds. The summed E-state index contributed by atoms with van der Waals surface area (Å²) in [6.07, 6.45) is -0.460. The van der Waals surface area contributed by atoms with Crippen LogP contribution in [0.5, 0.6) is 0 Å². The number of carbonyl (C=O) groups is 1. The minimum absolute atomic E-state index is 0.0658. The molecule has 1 heterocycles. The van der Waals surface area contributed by atoms with Gasteiger partial charge in [-0.25, -0.2) is 8.42 Å². The smallest absolute Gasteiger partial charge is 0.255 e. The first-order chi connectivity index (χ1) is 13.6. The number of anilines is 1. The number of amides is 1. The largest absolute Gasteiger partial charge is 0.373 e. The van der Waals surface area contributed by atoms with E-state index in [0.717, 1.165) is 5.56 Å². The minimum Gasteiger partial charge on any atom is -0.373 e. The van der Waals surface area contributed by atoms with Crippen LogP contribution in [0.15, 0.2) is 41.3 Å². The van der Waals surface area contributed by atoms with Gasteiger partial charge in [0.25, 0.3) is 5.91 Å². The average molecular weight is 457 g/mol. The van der Waals surface area contributed by atoms with E-state index in [4.69, 9.17) is 27.9 Å². The molecule has 0 aliphatic carbocycles. The van der Waals surface area contributed by atoms with E-state index in [1.54, 1.807) is 18.2 Å². The summed E-state index contributed by atoms with van der Waals surface area (Å²) in [6.45, 7) is 5.91. The fourth-order valence-electron chi connectivity index (χ4n) is 3.27. The van der Waals surface area contributed by atoms with Crippen LogP contribution in [0.1, 0.15) is 29.8 Å². The molecular weight excluding hydrogens is 435 g/mol. The molecule has 29 heavy (non-hydrogen) atoms. The maximum Gasteiger partial charge on any atom is 0.255 e. The lowest BCUT2D eigenvalue weighted by molar-refractivity contribution is -0.0440. The van der Waals surface area contributed by atoms with Crippen molar-refractivity contribution in [2.75, 3.05) is 18.4 Å². The van der Waals surface area contributed by atoms with Gasteiger partial charge in [0.05, 0.1) is 17.2 Å². The van der Waals surface area contributed by atoms with E-state index in [-0.39, 0.29) is 40.8 Å². The molecule has 1 fully saturated rings. The van der Waals surface area contributed by atoms with Crippen molar-refractivity contribution in [3.63, 3.8) is 0 Å². The Kier molecular flexibility index (Phi) is 6.55. The molecular formula is C20H22Cl2N2O4S. The first kappa shape index (κ1) is 22.1. The molecule has 2 atom stereocenters. The summed E-state index contributed by atoms with van der Waals surface area (Å²) >= 11 is 12.1. The first-order valence-electron chi connectivity index (χ1n) is 9.10. The second-order valence-corrected chi connectivity index (χ2v) is 9.89. The molecule has 1 aliphatic heterocycles. The van der Waals surface area contributed by atoms with Gasteiger partial charge in [-0.15, -0.1) is 0 Å². The van der Waals surface area contributed by atoms with Crippen LogP contribution in [-0.4, -0.2) is 43.9 Å². The van der Waals surface area contributed by atoms with Crippen LogP contribution in [0.4, 0.5) is 5.69 Å². The summed E-state index contributed by atoms with van der Waals surface area (Å²) in [4.78, 5) is 12.6. The molecule has 0 aromatic heterocycles. The molecule has 2 aromatic rings. The van der Waals surface area contributed by atoms with Crippen molar-refractivity contribution in [3.05, 3.63) is 57.6 Å². The number of sulfonamides is 1. The van der Waals surface area contributed by atoms with Gasteiger partial charge >= 0.3 is 0 Å². The third-order valence-corrected chi connectivity index (χ3v) is 7.18. The minimum atomic E-state index is -3.88. The summed E-state index contributed by atoms with van der Waals surface area (Å²) in [5.41, 5.74) is 1.58. The molecule has 156 valence electrons. The molecule has 0 spiro atoms. The SMILES string of the molecule is Cc1cc(Cl)ccc1NC(=O)c1ccc(Cl)c(S(=O)(=O)N2C[C@H](C)O[C@@H](C)C2)c1. The topological polar surface area (TPSA) is 75.7 Å². The van der Waals surface area contributed by atoms with Crippen LogP contribution < -0.4 is 5.32 Å². The number of morpholine rings is 1. The molecule has 3 rings (SSSR count). The van der Waals surface area contributed by atoms with Crippen LogP contribution in [0.25, 0.3) is 0 Å². The fourth-order valence-corrected chi connectivity index (χ4v) is 5.59. The van der Waals surface area contributed by atoms with Gasteiger partial charge < -0.3 is 10.1 Å². The van der Waals surface area contributed by atoms with E-state index in [2.05, 4.69) is 5.32 Å². The Morgan fingerprint density at radius 2 is 1.76 bits per heavy atom. The van der Waals surface area contributed by atoms with Gasteiger partial charge in [0.1, 0.15) is 4.90 Å². The van der Waals surface area contributed by atoms with Gasteiger partial charge in [-0.2, -0.15) is 4.31 Å². The van der Waals surface area contributed by atoms with E-state index >= 15 is 0 Å². The number of rotatable bonds is 4. The van der Waals surface area contributed by atoms with Gasteiger partial charge in [-0.3, -0.25) is 4.79 Å². The highest BCUT2D eigenvalue weighted by Crippen LogP contribution is 2.29. The molecule has 2 aromatic carbocycles. The summed E-state index contributed by atoms with van der Waals surface area (Å²) in [7, 11) is -3.88. The van der Waals surface area contributed by atoms with Gasteiger partial charge in [-0.05, 0) is 62.7 Å². The standard InChI is InChI=1S/C20H22Cl2N2O4S/c1-12-8-16(21)5-7-18(12)23-20(25)15-4-6-17(22)19(9-15)29(26,27)24-10-13(2)28-14(3)11-24/h4-9,13-14H,10-11H2,1-3H3,(H,23,25)/t13-,14-/m0/s1. The number of benzene rings is 2. The summed E-state index contributed by atoms with van der Waals surface area (Å²) in [5.74, 6) is -0.438. The monoisotopic (exact) mass is 456 g/mol. The van der Waals surface area contributed by atoms with Crippen LogP contribution in [0.2, 0.25) is 10.0 Å². The lowest BCUT2D eigenvalue weighted by atomic mass is 10.1. The zero-order valence-electron chi connectivity index (χ0n) is 16.3. The summed E-state index contributed by atoms with van der Waals surface area (Å²) < 4.78 is 33.3. The predicted octanol–water partition coefficient (Wildman–Crippen LogP) is 4.35. The van der Waals surface area contributed by atoms with Gasteiger partial charge in [0.2, 0.25) is 10.0 Å². The molecule has 0 radical (unpaired) electrons. The number of nitrogens with zero attached hydrogens (tertiary/aromatic N) is 1. The fraction of sp³-hybridized carbons (Fsp3) is 0.350. The average Bonchev–Trinajstić information content (AvgIpc) is 2.63. The van der Waals surface area contributed by atoms with Crippen molar-refractivity contribution >= 4 is 44.8 Å². The zero-order valence-corrected chi connectivity index (χ0v) is 18.6. The highest BCUT2D eigenvalue weighted by Gasteiger charge is 2.33. The van der Waals surface area contributed by atoms with Crippen molar-refractivity contribution in [3.8, 4) is 0 Å². The van der Waals surface area contributed by atoms with E-state index < -0.39 is 15.9 Å². The maximum absolute atomic E-state index is 13.2. The second kappa shape index (κ2) is 8.62. The van der Waals surface area contributed by atoms with Gasteiger partial charge in [0.15, 0.2) is 0 Å². The third-order valence-electron chi connectivity index (χ3n) is 4.63. The predicted molar refractivity (Wildman–Crippen MR) is 114 cm³/mol. The highest BCUT2D eigenvalue weighted by atomic mass is 35.5. The molecule has 0 bridgehead atoms. The van der Waals surface area contributed by atoms with Crippen LogP contribution in [0.3, 0.4) is 0 Å². The lowest BCUT2D eigenvalue weighted by Crippen LogP contribution is -2.48. The maximum atomic E-state index is 13.2. The Labute approximate surface area is 180 Å². The Balaban J connectivity index is 1.90. The number of halogens is 2. The number of ether oxygens (including phenoxy) is 1. The van der Waals surface area contributed by atoms with Gasteiger partial charge in [-0.1, -0.05) is 23.2 Å². The number of nitrogens with one attached hydrogen (secondary N) is 1. The van der Waals surface area contributed by atoms with E-state index in [9.17, 15) is 13.2 Å². The Hall–Kier alpha value is -1.64. The Morgan fingerprint density at radius 1 is 1.10 bits per heavy atom. The Bertz CT molecular complexity index is 1030. The summed E-state index contributed by atoms with van der Waals surface area (Å²) in [6, 6.07) is 9.32. The molecule has 0 saturated carbocycles. The first-order valence-corrected chi connectivity index (χ1v) is 11.3. The second-order valence-electron chi connectivity index (χ2n) is 7.14. The number of aryl methyl sites for hydroxylation is 1. The molecule has 0 unspecified atom stereocenters. The van der Waals surface area contributed by atoms with Crippen molar-refractivity contribution in [1.29, 1.82) is 0 Å². The van der Waals surface area contributed by atoms with Crippen molar-refractivity contribution in [1.82, 2.24) is 4.31 Å². The van der Waals surface area contributed by atoms with Crippen LogP contribution in [-0.2, 0) is 14.8 Å². The van der Waals surface area contributed by atoms with E-state index in [1.165, 1.54) is 22.5 Å². The summed E-state index contributed by atoms with van der Waals surface area (Å²) in [5, 5.41) is 3.41. The molecule has 6 nitrogen and oxygen atoms in total. The molecule has 1 N–H and O–H groups in total. The lowest BCUT2D eigenvalue weighted by Gasteiger charge is -2.34. The van der Waals surface area contributed by atoms with Crippen molar-refractivity contribution < 1.29 is 17.9 Å². The third kappa shape index (κ3) is 4.92. The zero-order chi connectivity index (χ0) is 21.3. The van der Waals surface area contributed by atoms with Crippen molar-refractivity contribution in [2.45, 2.75) is 37.9 Å². The number of hydrogen-bond acceptors (Lipinski definition) is 4. The molecule has 1 aliphatic rings. The molecule has 1 saturated heterocycles. The van der Waals surface area contributed by atoms with Crippen LogP contribution in [0, 0.1) is 6.92 Å². The normalized spacial score (nSPS) is 20.4. The number of hydrogen-bond donors (Lipinski definition) is 1. The number of carbonyl (C=O) groups excluding carboxylic acids is 1. The van der Waals surface area contributed by atoms with E-state index in [0.29, 0.717) is 10.7 Å². The van der Waals surface area contributed by atoms with Gasteiger partial charge in [0, 0.05) is 29.4 Å². The molecule has 9 heteroatoms. The van der Waals surface area contributed by atoms with E-state index in [1.807, 2.05) is 20.8 Å².